The third kappa shape index (κ3) is 7.04. The summed E-state index contributed by atoms with van der Waals surface area (Å²) in [5, 5.41) is 6.48. The molecule has 1 amide bonds. The Labute approximate surface area is 169 Å². The molecule has 2 heterocycles. The number of anilines is 1. The quantitative estimate of drug-likeness (QED) is 0.669. The maximum Gasteiger partial charge on any atom is 0.230 e. The summed E-state index contributed by atoms with van der Waals surface area (Å²) in [7, 11) is 0. The third-order valence-electron chi connectivity index (χ3n) is 4.67. The molecular formula is C23H34N4O. The van der Waals surface area contributed by atoms with Gasteiger partial charge in [-0.25, -0.2) is 4.98 Å². The number of aryl methyl sites for hydroxylation is 1. The normalized spacial score (nSPS) is 12.6. The molecule has 2 aromatic heterocycles. The molecule has 152 valence electrons. The molecule has 0 aliphatic heterocycles. The lowest BCUT2D eigenvalue weighted by Gasteiger charge is -2.18. The van der Waals surface area contributed by atoms with Gasteiger partial charge in [0.05, 0.1) is 5.69 Å². The average molecular weight is 383 g/mol. The van der Waals surface area contributed by atoms with E-state index in [2.05, 4.69) is 46.6 Å². The zero-order valence-electron chi connectivity index (χ0n) is 17.9. The Hall–Kier alpha value is -2.27. The van der Waals surface area contributed by atoms with Gasteiger partial charge in [0.1, 0.15) is 5.82 Å². The molecular weight excluding hydrogens is 348 g/mol. The standard InChI is InChI=1S/C23H34N4O/c1-6-9-17-12-13-24-20(14-17)15-18(7-2)25-16-19-10-8-11-21(26-19)27-22(28)23(3,4)5/h8,10-14,18,25H,6-7,9,15-16H2,1-5H3,(H,26,27,28). The first-order valence-electron chi connectivity index (χ1n) is 10.3. The average Bonchev–Trinajstić information content (AvgIpc) is 2.65. The van der Waals surface area contributed by atoms with Crippen LogP contribution in [-0.2, 0) is 24.2 Å². The Balaban J connectivity index is 1.95. The minimum atomic E-state index is -0.442. The van der Waals surface area contributed by atoms with E-state index in [9.17, 15) is 4.79 Å². The number of carbonyl (C=O) groups excluding carboxylic acids is 1. The molecule has 5 nitrogen and oxygen atoms in total. The van der Waals surface area contributed by atoms with E-state index in [1.54, 1.807) is 0 Å². The highest BCUT2D eigenvalue weighted by molar-refractivity contribution is 5.93. The summed E-state index contributed by atoms with van der Waals surface area (Å²) in [4.78, 5) is 21.3. The van der Waals surface area contributed by atoms with Crippen LogP contribution in [0, 0.1) is 5.41 Å². The first-order chi connectivity index (χ1) is 13.3. The Morgan fingerprint density at radius 2 is 1.93 bits per heavy atom. The largest absolute Gasteiger partial charge is 0.310 e. The van der Waals surface area contributed by atoms with Gasteiger partial charge in [-0.3, -0.25) is 9.78 Å². The third-order valence-corrected chi connectivity index (χ3v) is 4.67. The van der Waals surface area contributed by atoms with Crippen molar-refractivity contribution in [2.24, 2.45) is 5.41 Å². The molecule has 0 saturated heterocycles. The van der Waals surface area contributed by atoms with Crippen LogP contribution in [-0.4, -0.2) is 21.9 Å². The number of pyridine rings is 2. The maximum atomic E-state index is 12.2. The molecule has 28 heavy (non-hydrogen) atoms. The topological polar surface area (TPSA) is 66.9 Å². The fraction of sp³-hybridized carbons (Fsp3) is 0.522. The molecule has 2 rings (SSSR count). The monoisotopic (exact) mass is 382 g/mol. The van der Waals surface area contributed by atoms with Crippen molar-refractivity contribution in [1.29, 1.82) is 0 Å². The highest BCUT2D eigenvalue weighted by Crippen LogP contribution is 2.16. The molecule has 0 radical (unpaired) electrons. The zero-order chi connectivity index (χ0) is 20.6. The number of carbonyl (C=O) groups is 1. The fourth-order valence-electron chi connectivity index (χ4n) is 2.90. The molecule has 0 bridgehead atoms. The van der Waals surface area contributed by atoms with Gasteiger partial charge in [-0.05, 0) is 42.7 Å². The summed E-state index contributed by atoms with van der Waals surface area (Å²) in [6, 6.07) is 10.4. The van der Waals surface area contributed by atoms with Crippen LogP contribution < -0.4 is 10.6 Å². The highest BCUT2D eigenvalue weighted by Gasteiger charge is 2.21. The number of nitrogens with zero attached hydrogens (tertiary/aromatic N) is 2. The molecule has 1 atom stereocenters. The van der Waals surface area contributed by atoms with Crippen molar-refractivity contribution in [1.82, 2.24) is 15.3 Å². The van der Waals surface area contributed by atoms with E-state index in [1.807, 2.05) is 45.2 Å². The van der Waals surface area contributed by atoms with Crippen LogP contribution in [0.2, 0.25) is 0 Å². The smallest absolute Gasteiger partial charge is 0.230 e. The number of amides is 1. The summed E-state index contributed by atoms with van der Waals surface area (Å²) in [5.74, 6) is 0.566. The molecule has 0 aromatic carbocycles. The van der Waals surface area contributed by atoms with E-state index in [0.717, 1.165) is 37.1 Å². The van der Waals surface area contributed by atoms with Crippen molar-refractivity contribution in [3.8, 4) is 0 Å². The fourth-order valence-corrected chi connectivity index (χ4v) is 2.90. The zero-order valence-corrected chi connectivity index (χ0v) is 17.9. The number of hydrogen-bond donors (Lipinski definition) is 2. The summed E-state index contributed by atoms with van der Waals surface area (Å²) in [6.07, 6.45) is 6.06. The minimum absolute atomic E-state index is 0.0328. The van der Waals surface area contributed by atoms with Gasteiger partial charge in [0.15, 0.2) is 0 Å². The second-order valence-corrected chi connectivity index (χ2v) is 8.31. The molecule has 2 aromatic rings. The molecule has 2 N–H and O–H groups in total. The van der Waals surface area contributed by atoms with E-state index in [4.69, 9.17) is 0 Å². The van der Waals surface area contributed by atoms with Crippen molar-refractivity contribution in [2.75, 3.05) is 5.32 Å². The number of hydrogen-bond acceptors (Lipinski definition) is 4. The van der Waals surface area contributed by atoms with Crippen LogP contribution in [0.1, 0.15) is 64.4 Å². The summed E-state index contributed by atoms with van der Waals surface area (Å²) in [5.41, 5.74) is 2.95. The lowest BCUT2D eigenvalue weighted by molar-refractivity contribution is -0.123. The van der Waals surface area contributed by atoms with Gasteiger partial charge in [0.25, 0.3) is 0 Å². The van der Waals surface area contributed by atoms with Gasteiger partial charge in [-0.1, -0.05) is 47.1 Å². The van der Waals surface area contributed by atoms with Crippen LogP contribution in [0.5, 0.6) is 0 Å². The minimum Gasteiger partial charge on any atom is -0.310 e. The number of aromatic nitrogens is 2. The number of rotatable bonds is 9. The predicted octanol–water partition coefficient (Wildman–Crippen LogP) is 4.52. The van der Waals surface area contributed by atoms with Crippen molar-refractivity contribution in [2.45, 2.75) is 72.9 Å². The first kappa shape index (κ1) is 22.0. The Morgan fingerprint density at radius 3 is 2.61 bits per heavy atom. The van der Waals surface area contributed by atoms with Crippen LogP contribution in [0.4, 0.5) is 5.82 Å². The Morgan fingerprint density at radius 1 is 1.14 bits per heavy atom. The maximum absolute atomic E-state index is 12.2. The first-order valence-corrected chi connectivity index (χ1v) is 10.3. The Kier molecular flexibility index (Phi) is 8.12. The van der Waals surface area contributed by atoms with E-state index in [0.29, 0.717) is 18.4 Å². The van der Waals surface area contributed by atoms with Crippen LogP contribution >= 0.6 is 0 Å². The molecule has 0 fully saturated rings. The van der Waals surface area contributed by atoms with E-state index < -0.39 is 5.41 Å². The lowest BCUT2D eigenvalue weighted by Crippen LogP contribution is -2.31. The summed E-state index contributed by atoms with van der Waals surface area (Å²) >= 11 is 0. The highest BCUT2D eigenvalue weighted by atomic mass is 16.2. The SMILES string of the molecule is CCCc1ccnc(CC(CC)NCc2cccc(NC(=O)C(C)(C)C)n2)c1. The van der Waals surface area contributed by atoms with Gasteiger partial charge >= 0.3 is 0 Å². The van der Waals surface area contributed by atoms with Gasteiger partial charge in [0, 0.05) is 36.3 Å². The molecule has 0 aliphatic carbocycles. The van der Waals surface area contributed by atoms with E-state index in [1.165, 1.54) is 5.56 Å². The molecule has 0 saturated carbocycles. The van der Waals surface area contributed by atoms with E-state index in [-0.39, 0.29) is 5.91 Å². The number of nitrogens with one attached hydrogen (secondary N) is 2. The molecule has 0 spiro atoms. The van der Waals surface area contributed by atoms with Gasteiger partial charge < -0.3 is 10.6 Å². The van der Waals surface area contributed by atoms with Crippen LogP contribution in [0.15, 0.2) is 36.5 Å². The lowest BCUT2D eigenvalue weighted by atomic mass is 9.96. The molecule has 1 unspecified atom stereocenters. The van der Waals surface area contributed by atoms with Crippen molar-refractivity contribution >= 4 is 11.7 Å². The second-order valence-electron chi connectivity index (χ2n) is 8.31. The van der Waals surface area contributed by atoms with Crippen molar-refractivity contribution in [3.05, 3.63) is 53.5 Å². The second kappa shape index (κ2) is 10.3. The van der Waals surface area contributed by atoms with Crippen LogP contribution in [0.25, 0.3) is 0 Å². The van der Waals surface area contributed by atoms with E-state index >= 15 is 0 Å². The summed E-state index contributed by atoms with van der Waals surface area (Å²) < 4.78 is 0. The Bertz CT molecular complexity index is 767. The van der Waals surface area contributed by atoms with Crippen LogP contribution in [0.3, 0.4) is 0 Å². The summed E-state index contributed by atoms with van der Waals surface area (Å²) in [6.45, 7) is 10.7. The van der Waals surface area contributed by atoms with Gasteiger partial charge in [-0.2, -0.15) is 0 Å². The molecule has 5 heteroatoms. The van der Waals surface area contributed by atoms with Gasteiger partial charge in [-0.15, -0.1) is 0 Å². The van der Waals surface area contributed by atoms with Crippen molar-refractivity contribution in [3.63, 3.8) is 0 Å². The van der Waals surface area contributed by atoms with Gasteiger partial charge in [0.2, 0.25) is 5.91 Å². The molecule has 0 aliphatic rings. The van der Waals surface area contributed by atoms with Crippen molar-refractivity contribution < 1.29 is 4.79 Å². The predicted molar refractivity (Wildman–Crippen MR) is 115 cm³/mol.